The van der Waals surface area contributed by atoms with Gasteiger partial charge in [0.15, 0.2) is 0 Å². The summed E-state index contributed by atoms with van der Waals surface area (Å²) in [7, 11) is 0. The number of hydrogen-bond donors (Lipinski definition) is 0. The van der Waals surface area contributed by atoms with E-state index in [9.17, 15) is 5.26 Å². The Hall–Kier alpha value is -7.92. The van der Waals surface area contributed by atoms with Crippen molar-refractivity contribution in [3.05, 3.63) is 197 Å². The molecule has 0 unspecified atom stereocenters. The summed E-state index contributed by atoms with van der Waals surface area (Å²) in [5.74, 6) is 0. The highest BCUT2D eigenvalue weighted by Crippen LogP contribution is 2.57. The van der Waals surface area contributed by atoms with Crippen LogP contribution in [0.5, 0.6) is 0 Å². The van der Waals surface area contributed by atoms with Gasteiger partial charge in [-0.25, -0.2) is 4.85 Å². The number of benzene rings is 9. The van der Waals surface area contributed by atoms with Crippen LogP contribution in [0.2, 0.25) is 0 Å². The van der Waals surface area contributed by atoms with Crippen molar-refractivity contribution in [2.45, 2.75) is 38.5 Å². The summed E-state index contributed by atoms with van der Waals surface area (Å²) in [4.78, 5) is 4.27. The van der Waals surface area contributed by atoms with Gasteiger partial charge in [0, 0.05) is 32.4 Å². The summed E-state index contributed by atoms with van der Waals surface area (Å²) in [6.07, 6.45) is 0. The van der Waals surface area contributed by atoms with E-state index in [4.69, 9.17) is 6.57 Å². The molecule has 9 aromatic carbocycles. The Labute approximate surface area is 358 Å². The molecule has 0 aliphatic heterocycles. The maximum atomic E-state index is 11.2. The van der Waals surface area contributed by atoms with E-state index in [1.54, 1.807) is 0 Å². The van der Waals surface area contributed by atoms with E-state index in [1.807, 2.05) is 12.1 Å². The lowest BCUT2D eigenvalue weighted by molar-refractivity contribution is 0.661. The maximum absolute atomic E-state index is 11.2. The minimum atomic E-state index is -0.198. The Morgan fingerprint density at radius 1 is 0.452 bits per heavy atom. The fourth-order valence-corrected chi connectivity index (χ4v) is 11.7. The van der Waals surface area contributed by atoms with Crippen molar-refractivity contribution >= 4 is 70.8 Å². The van der Waals surface area contributed by atoms with Crippen molar-refractivity contribution in [2.24, 2.45) is 0 Å². The molecule has 2 aromatic heterocycles. The van der Waals surface area contributed by atoms with E-state index in [-0.39, 0.29) is 10.8 Å². The molecule has 4 heteroatoms. The Kier molecular flexibility index (Phi) is 6.69. The van der Waals surface area contributed by atoms with Gasteiger partial charge < -0.3 is 9.13 Å². The zero-order valence-corrected chi connectivity index (χ0v) is 34.8. The highest BCUT2D eigenvalue weighted by Gasteiger charge is 2.40. The van der Waals surface area contributed by atoms with E-state index in [0.717, 1.165) is 32.8 Å². The minimum Gasteiger partial charge on any atom is -0.319 e. The number of rotatable bonds is 2. The van der Waals surface area contributed by atoms with Gasteiger partial charge in [0.25, 0.3) is 0 Å². The van der Waals surface area contributed by atoms with Gasteiger partial charge >= 0.3 is 0 Å². The lowest BCUT2D eigenvalue weighted by Gasteiger charge is -2.22. The standard InChI is InChI=1S/C58H38N4/c1-57(2)40-24-22-33-14-6-8-16-36(33)51(40)55-42(57)26-28-47-53(55)38-18-10-12-20-45(38)61(47)49-31-44(60-5)50(30-35(49)32-59)62-46-21-13-11-19-39(46)54-48(62)29-27-43-56(54)52-37-17-9-7-15-34(37)23-25-41(52)58(43,3)4/h6-31H,1-4H3. The van der Waals surface area contributed by atoms with Crippen molar-refractivity contribution in [1.29, 1.82) is 5.26 Å². The average molecular weight is 791 g/mol. The minimum absolute atomic E-state index is 0.198. The molecular weight excluding hydrogens is 753 g/mol. The SMILES string of the molecule is [C-]#[N+]c1cc(-n2c3ccccc3c3c4c(ccc32)C(C)(C)c2ccc3ccccc3c2-4)c(C#N)cc1-n1c2ccccc2c2c3c(ccc21)C(C)(C)c1ccc2ccccc2c1-3. The molecule has 0 saturated carbocycles. The molecule has 4 nitrogen and oxygen atoms in total. The van der Waals surface area contributed by atoms with Gasteiger partial charge in [0.1, 0.15) is 6.07 Å². The van der Waals surface area contributed by atoms with Gasteiger partial charge in [0.05, 0.1) is 45.6 Å². The summed E-state index contributed by atoms with van der Waals surface area (Å²) in [6, 6.07) is 59.1. The molecule has 2 heterocycles. The third-order valence-corrected chi connectivity index (χ3v) is 14.5. The highest BCUT2D eigenvalue weighted by atomic mass is 15.0. The first kappa shape index (κ1) is 34.9. The van der Waals surface area contributed by atoms with Gasteiger partial charge in [-0.1, -0.05) is 149 Å². The molecule has 0 amide bonds. The maximum Gasteiger partial charge on any atom is 0.212 e. The number of nitriles is 1. The van der Waals surface area contributed by atoms with Crippen molar-refractivity contribution in [1.82, 2.24) is 9.13 Å². The molecule has 13 rings (SSSR count). The second-order valence-corrected chi connectivity index (χ2v) is 18.2. The number of aromatic nitrogens is 2. The van der Waals surface area contributed by atoms with Gasteiger partial charge in [-0.2, -0.15) is 5.26 Å². The lowest BCUT2D eigenvalue weighted by atomic mass is 9.82. The Balaban J connectivity index is 1.10. The molecule has 62 heavy (non-hydrogen) atoms. The van der Waals surface area contributed by atoms with Crippen LogP contribution in [-0.2, 0) is 10.8 Å². The van der Waals surface area contributed by atoms with E-state index in [1.165, 1.54) is 76.8 Å². The smallest absolute Gasteiger partial charge is 0.212 e. The molecule has 0 N–H and O–H groups in total. The van der Waals surface area contributed by atoms with E-state index in [0.29, 0.717) is 22.6 Å². The normalized spacial score (nSPS) is 14.4. The van der Waals surface area contributed by atoms with Crippen molar-refractivity contribution in [3.8, 4) is 39.7 Å². The fraction of sp³-hybridized carbons (Fsp3) is 0.103. The van der Waals surface area contributed by atoms with Crippen LogP contribution in [0.1, 0.15) is 55.5 Å². The van der Waals surface area contributed by atoms with Crippen LogP contribution in [0.3, 0.4) is 0 Å². The molecule has 0 saturated heterocycles. The average Bonchev–Trinajstić information content (AvgIpc) is 3.97. The number of nitrogens with zero attached hydrogens (tertiary/aromatic N) is 4. The Morgan fingerprint density at radius 3 is 1.35 bits per heavy atom. The first-order chi connectivity index (χ1) is 30.2. The predicted octanol–water partition coefficient (Wildman–Crippen LogP) is 15.2. The largest absolute Gasteiger partial charge is 0.319 e. The van der Waals surface area contributed by atoms with Crippen LogP contribution in [0.15, 0.2) is 158 Å². The van der Waals surface area contributed by atoms with Gasteiger partial charge in [-0.05, 0) is 102 Å². The van der Waals surface area contributed by atoms with E-state index >= 15 is 0 Å². The van der Waals surface area contributed by atoms with Crippen LogP contribution in [0.4, 0.5) is 5.69 Å². The van der Waals surface area contributed by atoms with Crippen LogP contribution >= 0.6 is 0 Å². The quantitative estimate of drug-likeness (QED) is 0.161. The van der Waals surface area contributed by atoms with Gasteiger partial charge in [-0.3, -0.25) is 0 Å². The summed E-state index contributed by atoms with van der Waals surface area (Å²) in [6.45, 7) is 18.1. The second-order valence-electron chi connectivity index (χ2n) is 18.2. The Morgan fingerprint density at radius 2 is 0.871 bits per heavy atom. The Bertz CT molecular complexity index is 3690. The van der Waals surface area contributed by atoms with Gasteiger partial charge in [-0.15, -0.1) is 0 Å². The predicted molar refractivity (Wildman–Crippen MR) is 256 cm³/mol. The van der Waals surface area contributed by atoms with E-state index in [2.05, 4.69) is 193 Å². The van der Waals surface area contributed by atoms with Crippen molar-refractivity contribution < 1.29 is 0 Å². The molecule has 0 spiro atoms. The molecule has 0 bridgehead atoms. The number of hydrogen-bond acceptors (Lipinski definition) is 1. The third-order valence-electron chi connectivity index (χ3n) is 14.5. The summed E-state index contributed by atoms with van der Waals surface area (Å²) in [5, 5.41) is 20.7. The second kappa shape index (κ2) is 11.9. The molecule has 0 atom stereocenters. The van der Waals surface area contributed by atoms with E-state index < -0.39 is 0 Å². The number of para-hydroxylation sites is 2. The summed E-state index contributed by atoms with van der Waals surface area (Å²) >= 11 is 0. The zero-order chi connectivity index (χ0) is 41.8. The van der Waals surface area contributed by atoms with Crippen molar-refractivity contribution in [2.75, 3.05) is 0 Å². The van der Waals surface area contributed by atoms with Crippen LogP contribution in [0, 0.1) is 17.9 Å². The van der Waals surface area contributed by atoms with Crippen LogP contribution < -0.4 is 0 Å². The van der Waals surface area contributed by atoms with Crippen molar-refractivity contribution in [3.63, 3.8) is 0 Å². The first-order valence-corrected chi connectivity index (χ1v) is 21.4. The van der Waals surface area contributed by atoms with Crippen LogP contribution in [-0.4, -0.2) is 9.13 Å². The molecule has 290 valence electrons. The first-order valence-electron chi connectivity index (χ1n) is 21.4. The molecule has 11 aromatic rings. The summed E-state index contributed by atoms with van der Waals surface area (Å²) in [5.41, 5.74) is 16.4. The third kappa shape index (κ3) is 4.19. The highest BCUT2D eigenvalue weighted by molar-refractivity contribution is 6.22. The lowest BCUT2D eigenvalue weighted by Crippen LogP contribution is -2.14. The monoisotopic (exact) mass is 790 g/mol. The summed E-state index contributed by atoms with van der Waals surface area (Å²) < 4.78 is 4.45. The fourth-order valence-electron chi connectivity index (χ4n) is 11.7. The van der Waals surface area contributed by atoms with Gasteiger partial charge in [0.2, 0.25) is 5.69 Å². The molecule has 2 aliphatic rings. The zero-order valence-electron chi connectivity index (χ0n) is 34.8. The number of fused-ring (bicyclic) bond motifs is 18. The topological polar surface area (TPSA) is 38.0 Å². The molecular formula is C58H38N4. The van der Waals surface area contributed by atoms with Crippen LogP contribution in [0.25, 0.3) is 104 Å². The molecule has 0 radical (unpaired) electrons. The molecule has 2 aliphatic carbocycles. The molecule has 0 fully saturated rings.